The van der Waals surface area contributed by atoms with Crippen LogP contribution in [0.5, 0.6) is 0 Å². The number of anilines is 1. The van der Waals surface area contributed by atoms with Gasteiger partial charge in [0.2, 0.25) is 10.0 Å². The molecule has 2 heterocycles. The summed E-state index contributed by atoms with van der Waals surface area (Å²) in [4.78, 5) is 13.6. The van der Waals surface area contributed by atoms with E-state index in [2.05, 4.69) is 24.6 Å². The lowest BCUT2D eigenvalue weighted by atomic mass is 9.86. The predicted molar refractivity (Wildman–Crippen MR) is 87.7 cm³/mol. The summed E-state index contributed by atoms with van der Waals surface area (Å²) in [5.74, 6) is 0.575. The van der Waals surface area contributed by atoms with Crippen molar-refractivity contribution in [3.8, 4) is 0 Å². The Morgan fingerprint density at radius 1 is 1.48 bits per heavy atom. The van der Waals surface area contributed by atoms with E-state index in [0.717, 1.165) is 16.9 Å². The predicted octanol–water partition coefficient (Wildman–Crippen LogP) is 0.225. The Balaban J connectivity index is 1.62. The average molecular weight is 339 g/mol. The lowest BCUT2D eigenvalue weighted by molar-refractivity contribution is 0.217. The fraction of sp³-hybridized carbons (Fsp3) is 0.571. The van der Waals surface area contributed by atoms with Gasteiger partial charge in [0.05, 0.1) is 17.2 Å². The van der Waals surface area contributed by atoms with E-state index in [4.69, 9.17) is 0 Å². The molecule has 1 atom stereocenters. The molecule has 0 spiro atoms. The van der Waals surface area contributed by atoms with Gasteiger partial charge in [0.1, 0.15) is 17.8 Å². The molecule has 3 N–H and O–H groups in total. The van der Waals surface area contributed by atoms with Crippen molar-refractivity contribution >= 4 is 26.9 Å². The molecule has 8 nitrogen and oxygen atoms in total. The first-order chi connectivity index (χ1) is 10.9. The second-order valence-electron chi connectivity index (χ2n) is 6.12. The molecule has 1 aliphatic carbocycles. The quantitative estimate of drug-likeness (QED) is 0.694. The van der Waals surface area contributed by atoms with E-state index < -0.39 is 16.1 Å². The summed E-state index contributed by atoms with van der Waals surface area (Å²) in [5.41, 5.74) is 0.787. The van der Waals surface area contributed by atoms with Crippen LogP contribution in [0.15, 0.2) is 18.6 Å². The molecular weight excluding hydrogens is 318 g/mol. The summed E-state index contributed by atoms with van der Waals surface area (Å²) in [5, 5.41) is 10.2. The van der Waals surface area contributed by atoms with Crippen LogP contribution < -0.4 is 9.62 Å². The number of aromatic amines is 1. The van der Waals surface area contributed by atoms with Gasteiger partial charge in [0, 0.05) is 25.3 Å². The SMILES string of the molecule is C[C@H](O)CS(=O)(=O)N[C@H]1C[C@@H](N(C)c2ncnc3[nH]ccc23)C1. The first-order valence-corrected chi connectivity index (χ1v) is 9.20. The second kappa shape index (κ2) is 6.06. The Labute approximate surface area is 135 Å². The lowest BCUT2D eigenvalue weighted by Gasteiger charge is -2.41. The van der Waals surface area contributed by atoms with Crippen LogP contribution in [0.25, 0.3) is 11.0 Å². The van der Waals surface area contributed by atoms with Gasteiger partial charge >= 0.3 is 0 Å². The minimum Gasteiger partial charge on any atom is -0.392 e. The Hall–Kier alpha value is -1.71. The molecule has 2 aromatic rings. The zero-order valence-corrected chi connectivity index (χ0v) is 13.9. The van der Waals surface area contributed by atoms with E-state index in [1.54, 1.807) is 0 Å². The van der Waals surface area contributed by atoms with Gasteiger partial charge in [0.15, 0.2) is 0 Å². The van der Waals surface area contributed by atoms with Crippen LogP contribution in [0, 0.1) is 0 Å². The van der Waals surface area contributed by atoms with Crippen molar-refractivity contribution in [3.05, 3.63) is 18.6 Å². The highest BCUT2D eigenvalue weighted by molar-refractivity contribution is 7.89. The fourth-order valence-electron chi connectivity index (χ4n) is 2.93. The van der Waals surface area contributed by atoms with Gasteiger partial charge < -0.3 is 15.0 Å². The summed E-state index contributed by atoms with van der Waals surface area (Å²) < 4.78 is 26.3. The Kier molecular flexibility index (Phi) is 4.26. The van der Waals surface area contributed by atoms with E-state index >= 15 is 0 Å². The molecule has 0 saturated heterocycles. The van der Waals surface area contributed by atoms with Crippen LogP contribution in [0.4, 0.5) is 5.82 Å². The van der Waals surface area contributed by atoms with Gasteiger partial charge in [-0.1, -0.05) is 0 Å². The van der Waals surface area contributed by atoms with Gasteiger partial charge in [0.25, 0.3) is 0 Å². The fourth-order valence-corrected chi connectivity index (χ4v) is 4.36. The number of nitrogens with one attached hydrogen (secondary N) is 2. The minimum absolute atomic E-state index is 0.0882. The van der Waals surface area contributed by atoms with Crippen molar-refractivity contribution in [2.45, 2.75) is 38.0 Å². The zero-order valence-electron chi connectivity index (χ0n) is 13.1. The number of aromatic nitrogens is 3. The number of fused-ring (bicyclic) bond motifs is 1. The second-order valence-corrected chi connectivity index (χ2v) is 7.92. The van der Waals surface area contributed by atoms with Gasteiger partial charge in [-0.2, -0.15) is 0 Å². The van der Waals surface area contributed by atoms with Crippen LogP contribution >= 0.6 is 0 Å². The van der Waals surface area contributed by atoms with Gasteiger partial charge in [-0.05, 0) is 25.8 Å². The van der Waals surface area contributed by atoms with E-state index in [1.807, 2.05) is 19.3 Å². The molecule has 0 aliphatic heterocycles. The maximum absolute atomic E-state index is 11.8. The molecule has 2 aromatic heterocycles. The number of nitrogens with zero attached hydrogens (tertiary/aromatic N) is 3. The third-order valence-corrected chi connectivity index (χ3v) is 5.75. The number of aliphatic hydroxyl groups excluding tert-OH is 1. The molecule has 1 aliphatic rings. The highest BCUT2D eigenvalue weighted by Gasteiger charge is 2.35. The van der Waals surface area contributed by atoms with E-state index in [-0.39, 0.29) is 17.8 Å². The smallest absolute Gasteiger partial charge is 0.214 e. The van der Waals surface area contributed by atoms with Crippen molar-refractivity contribution in [1.29, 1.82) is 0 Å². The van der Waals surface area contributed by atoms with Crippen molar-refractivity contribution < 1.29 is 13.5 Å². The summed E-state index contributed by atoms with van der Waals surface area (Å²) in [6.07, 6.45) is 3.90. The van der Waals surface area contributed by atoms with Gasteiger partial charge in [-0.3, -0.25) is 0 Å². The Morgan fingerprint density at radius 3 is 2.91 bits per heavy atom. The van der Waals surface area contributed by atoms with Crippen molar-refractivity contribution in [2.24, 2.45) is 0 Å². The number of hydrogen-bond acceptors (Lipinski definition) is 6. The summed E-state index contributed by atoms with van der Waals surface area (Å²) in [6, 6.07) is 2.07. The van der Waals surface area contributed by atoms with Crippen molar-refractivity contribution in [1.82, 2.24) is 19.7 Å². The molecular formula is C14H21N5O3S. The maximum atomic E-state index is 11.8. The van der Waals surface area contributed by atoms with Crippen LogP contribution in [-0.4, -0.2) is 59.5 Å². The van der Waals surface area contributed by atoms with Crippen LogP contribution in [0.1, 0.15) is 19.8 Å². The number of H-pyrrole nitrogens is 1. The summed E-state index contributed by atoms with van der Waals surface area (Å²) in [7, 11) is -1.47. The molecule has 0 bridgehead atoms. The molecule has 9 heteroatoms. The van der Waals surface area contributed by atoms with Crippen molar-refractivity contribution in [2.75, 3.05) is 17.7 Å². The Morgan fingerprint density at radius 2 is 2.22 bits per heavy atom. The van der Waals surface area contributed by atoms with E-state index in [9.17, 15) is 13.5 Å². The van der Waals surface area contributed by atoms with Crippen LogP contribution in [-0.2, 0) is 10.0 Å². The number of hydrogen-bond donors (Lipinski definition) is 3. The number of sulfonamides is 1. The first-order valence-electron chi connectivity index (χ1n) is 7.54. The first kappa shape index (κ1) is 16.2. The molecule has 0 radical (unpaired) electrons. The highest BCUT2D eigenvalue weighted by atomic mass is 32.2. The number of aliphatic hydroxyl groups is 1. The molecule has 126 valence electrons. The minimum atomic E-state index is -3.43. The third-order valence-electron chi connectivity index (χ3n) is 4.13. The van der Waals surface area contributed by atoms with Crippen molar-refractivity contribution in [3.63, 3.8) is 0 Å². The number of rotatable bonds is 6. The largest absolute Gasteiger partial charge is 0.392 e. The average Bonchev–Trinajstić information content (AvgIpc) is 2.88. The molecule has 0 amide bonds. The maximum Gasteiger partial charge on any atom is 0.214 e. The normalized spacial score (nSPS) is 22.7. The van der Waals surface area contributed by atoms with Crippen LogP contribution in [0.3, 0.4) is 0 Å². The van der Waals surface area contributed by atoms with Crippen LogP contribution in [0.2, 0.25) is 0 Å². The molecule has 1 saturated carbocycles. The molecule has 1 fully saturated rings. The Bertz CT molecular complexity index is 783. The van der Waals surface area contributed by atoms with E-state index in [1.165, 1.54) is 13.3 Å². The highest BCUT2D eigenvalue weighted by Crippen LogP contribution is 2.31. The molecule has 0 unspecified atom stereocenters. The third kappa shape index (κ3) is 3.46. The standard InChI is InChI=1S/C14H21N5O3S/c1-9(20)7-23(21,22)18-10-5-11(6-10)19(2)14-12-3-4-15-13(12)16-8-17-14/h3-4,8-11,18,20H,5-7H2,1-2H3,(H,15,16,17)/t9-,10-,11+/m0/s1. The summed E-state index contributed by atoms with van der Waals surface area (Å²) in [6.45, 7) is 1.47. The van der Waals surface area contributed by atoms with Gasteiger partial charge in [-0.25, -0.2) is 23.1 Å². The monoisotopic (exact) mass is 339 g/mol. The van der Waals surface area contributed by atoms with E-state index in [0.29, 0.717) is 12.8 Å². The zero-order chi connectivity index (χ0) is 16.6. The van der Waals surface area contributed by atoms with Gasteiger partial charge in [-0.15, -0.1) is 0 Å². The topological polar surface area (TPSA) is 111 Å². The summed E-state index contributed by atoms with van der Waals surface area (Å²) >= 11 is 0. The molecule has 23 heavy (non-hydrogen) atoms. The lowest BCUT2D eigenvalue weighted by Crippen LogP contribution is -2.53. The molecule has 0 aromatic carbocycles. The molecule has 3 rings (SSSR count).